The van der Waals surface area contributed by atoms with Crippen molar-refractivity contribution in [1.29, 1.82) is 0 Å². The predicted molar refractivity (Wildman–Crippen MR) is 124 cm³/mol. The van der Waals surface area contributed by atoms with Crippen molar-refractivity contribution in [2.75, 3.05) is 7.05 Å². The standard InChI is InChI=1S/C26H28N4O/c1-4-19(2)21-13-11-20(12-14-21)17-30-24-10-6-5-9-23(24)28-25(30)18-29(3)26(31)22-8-7-15-27-16-22/h5-16,19H,4,17-18H2,1-3H3. The number of rotatable bonds is 7. The third-order valence-corrected chi connectivity index (χ3v) is 5.87. The van der Waals surface area contributed by atoms with Crippen molar-refractivity contribution in [3.05, 3.63) is 95.6 Å². The van der Waals surface area contributed by atoms with Crippen LogP contribution in [-0.4, -0.2) is 32.4 Å². The minimum absolute atomic E-state index is 0.0652. The third-order valence-electron chi connectivity index (χ3n) is 5.87. The first kappa shape index (κ1) is 20.8. The van der Waals surface area contributed by atoms with Crippen LogP contribution < -0.4 is 0 Å². The molecule has 0 radical (unpaired) electrons. The van der Waals surface area contributed by atoms with E-state index in [2.05, 4.69) is 53.7 Å². The molecule has 31 heavy (non-hydrogen) atoms. The number of para-hydroxylation sites is 2. The minimum Gasteiger partial charge on any atom is -0.334 e. The van der Waals surface area contributed by atoms with Crippen molar-refractivity contribution in [2.24, 2.45) is 0 Å². The summed E-state index contributed by atoms with van der Waals surface area (Å²) in [7, 11) is 1.81. The highest BCUT2D eigenvalue weighted by molar-refractivity contribution is 5.93. The molecule has 0 bridgehead atoms. The summed E-state index contributed by atoms with van der Waals surface area (Å²) in [4.78, 5) is 23.4. The van der Waals surface area contributed by atoms with Gasteiger partial charge in [0.05, 0.1) is 23.1 Å². The van der Waals surface area contributed by atoms with Gasteiger partial charge in [0.1, 0.15) is 5.82 Å². The summed E-state index contributed by atoms with van der Waals surface area (Å²) in [5.41, 5.74) is 5.18. The zero-order valence-corrected chi connectivity index (χ0v) is 18.3. The van der Waals surface area contributed by atoms with Gasteiger partial charge in [-0.1, -0.05) is 50.2 Å². The molecule has 4 aromatic rings. The summed E-state index contributed by atoms with van der Waals surface area (Å²) in [5, 5.41) is 0. The monoisotopic (exact) mass is 412 g/mol. The third kappa shape index (κ3) is 4.50. The van der Waals surface area contributed by atoms with Crippen LogP contribution in [0, 0.1) is 0 Å². The number of hydrogen-bond acceptors (Lipinski definition) is 3. The highest BCUT2D eigenvalue weighted by Gasteiger charge is 2.17. The molecule has 0 aliphatic carbocycles. The molecule has 2 heterocycles. The van der Waals surface area contributed by atoms with Crippen LogP contribution >= 0.6 is 0 Å². The Balaban J connectivity index is 1.62. The molecule has 0 N–H and O–H groups in total. The van der Waals surface area contributed by atoms with Crippen LogP contribution in [0.1, 0.15) is 53.5 Å². The Hall–Kier alpha value is -3.47. The van der Waals surface area contributed by atoms with Crippen molar-refractivity contribution in [3.8, 4) is 0 Å². The molecular weight excluding hydrogens is 384 g/mol. The van der Waals surface area contributed by atoms with Crippen LogP contribution in [-0.2, 0) is 13.1 Å². The summed E-state index contributed by atoms with van der Waals surface area (Å²) >= 11 is 0. The number of hydrogen-bond donors (Lipinski definition) is 0. The molecule has 5 nitrogen and oxygen atoms in total. The van der Waals surface area contributed by atoms with Crippen molar-refractivity contribution >= 4 is 16.9 Å². The van der Waals surface area contributed by atoms with Gasteiger partial charge < -0.3 is 9.47 Å². The summed E-state index contributed by atoms with van der Waals surface area (Å²) in [5.74, 6) is 1.36. The maximum atomic E-state index is 12.8. The van der Waals surface area contributed by atoms with E-state index in [-0.39, 0.29) is 5.91 Å². The fraction of sp³-hybridized carbons (Fsp3) is 0.269. The number of fused-ring (bicyclic) bond motifs is 1. The lowest BCUT2D eigenvalue weighted by atomic mass is 9.98. The number of carbonyl (C=O) groups excluding carboxylic acids is 1. The summed E-state index contributed by atoms with van der Waals surface area (Å²) in [6.45, 7) is 5.61. The van der Waals surface area contributed by atoms with Gasteiger partial charge in [-0.2, -0.15) is 0 Å². The zero-order chi connectivity index (χ0) is 21.8. The predicted octanol–water partition coefficient (Wildman–Crippen LogP) is 5.27. The molecule has 1 atom stereocenters. The van der Waals surface area contributed by atoms with Gasteiger partial charge in [-0.3, -0.25) is 9.78 Å². The van der Waals surface area contributed by atoms with Gasteiger partial charge in [0.15, 0.2) is 0 Å². The normalized spacial score (nSPS) is 12.1. The Labute approximate surface area is 183 Å². The second-order valence-corrected chi connectivity index (χ2v) is 8.06. The lowest BCUT2D eigenvalue weighted by Gasteiger charge is -2.18. The fourth-order valence-corrected chi connectivity index (χ4v) is 3.79. The average Bonchev–Trinajstić information content (AvgIpc) is 3.15. The Kier molecular flexibility index (Phi) is 6.12. The largest absolute Gasteiger partial charge is 0.334 e. The van der Waals surface area contributed by atoms with E-state index in [0.717, 1.165) is 23.3 Å². The van der Waals surface area contributed by atoms with E-state index in [1.165, 1.54) is 11.1 Å². The van der Waals surface area contributed by atoms with Crippen molar-refractivity contribution < 1.29 is 4.79 Å². The molecule has 0 aliphatic rings. The van der Waals surface area contributed by atoms with E-state index < -0.39 is 0 Å². The molecule has 2 aromatic heterocycles. The number of carbonyl (C=O) groups is 1. The Bertz CT molecular complexity index is 1170. The number of pyridine rings is 1. The topological polar surface area (TPSA) is 51.0 Å². The summed E-state index contributed by atoms with van der Waals surface area (Å²) < 4.78 is 2.21. The Morgan fingerprint density at radius 1 is 1.06 bits per heavy atom. The van der Waals surface area contributed by atoms with Gasteiger partial charge >= 0.3 is 0 Å². The molecule has 2 aromatic carbocycles. The van der Waals surface area contributed by atoms with E-state index in [1.807, 2.05) is 18.2 Å². The van der Waals surface area contributed by atoms with Crippen LogP contribution in [0.4, 0.5) is 0 Å². The molecule has 1 unspecified atom stereocenters. The number of aromatic nitrogens is 3. The molecule has 5 heteroatoms. The van der Waals surface area contributed by atoms with Gasteiger partial charge in [0.25, 0.3) is 5.91 Å². The van der Waals surface area contributed by atoms with Crippen LogP contribution in [0.25, 0.3) is 11.0 Å². The summed E-state index contributed by atoms with van der Waals surface area (Å²) in [6, 6.07) is 20.5. The lowest BCUT2D eigenvalue weighted by Crippen LogP contribution is -2.28. The lowest BCUT2D eigenvalue weighted by molar-refractivity contribution is 0.0780. The number of nitrogens with zero attached hydrogens (tertiary/aromatic N) is 4. The quantitative estimate of drug-likeness (QED) is 0.416. The van der Waals surface area contributed by atoms with Gasteiger partial charge in [0, 0.05) is 26.0 Å². The number of imidazole rings is 1. The molecule has 158 valence electrons. The molecule has 0 saturated heterocycles. The van der Waals surface area contributed by atoms with Crippen molar-refractivity contribution in [2.45, 2.75) is 39.3 Å². The van der Waals surface area contributed by atoms with Crippen LogP contribution in [0.15, 0.2) is 73.1 Å². The first-order valence-electron chi connectivity index (χ1n) is 10.7. The molecule has 0 aliphatic heterocycles. The van der Waals surface area contributed by atoms with E-state index in [1.54, 1.807) is 36.5 Å². The van der Waals surface area contributed by atoms with Crippen LogP contribution in [0.3, 0.4) is 0 Å². The Morgan fingerprint density at radius 3 is 2.55 bits per heavy atom. The maximum Gasteiger partial charge on any atom is 0.255 e. The van der Waals surface area contributed by atoms with Crippen molar-refractivity contribution in [1.82, 2.24) is 19.4 Å². The zero-order valence-electron chi connectivity index (χ0n) is 18.3. The first-order valence-corrected chi connectivity index (χ1v) is 10.7. The average molecular weight is 413 g/mol. The second kappa shape index (κ2) is 9.13. The molecule has 1 amide bonds. The fourth-order valence-electron chi connectivity index (χ4n) is 3.79. The maximum absolute atomic E-state index is 12.8. The van der Waals surface area contributed by atoms with Gasteiger partial charge in [0.2, 0.25) is 0 Å². The molecular formula is C26H28N4O. The molecule has 0 fully saturated rings. The van der Waals surface area contributed by atoms with E-state index in [9.17, 15) is 4.79 Å². The smallest absolute Gasteiger partial charge is 0.255 e. The second-order valence-electron chi connectivity index (χ2n) is 8.06. The van der Waals surface area contributed by atoms with Gasteiger partial charge in [-0.05, 0) is 47.7 Å². The molecule has 0 saturated carbocycles. The summed E-state index contributed by atoms with van der Waals surface area (Å²) in [6.07, 6.45) is 4.40. The van der Waals surface area contributed by atoms with E-state index in [0.29, 0.717) is 24.6 Å². The van der Waals surface area contributed by atoms with Crippen LogP contribution in [0.5, 0.6) is 0 Å². The Morgan fingerprint density at radius 2 is 1.84 bits per heavy atom. The molecule has 0 spiro atoms. The molecule has 4 rings (SSSR count). The van der Waals surface area contributed by atoms with E-state index in [4.69, 9.17) is 4.98 Å². The number of benzene rings is 2. The highest BCUT2D eigenvalue weighted by Crippen LogP contribution is 2.22. The first-order chi connectivity index (χ1) is 15.1. The van der Waals surface area contributed by atoms with Crippen molar-refractivity contribution in [3.63, 3.8) is 0 Å². The minimum atomic E-state index is -0.0652. The number of amides is 1. The van der Waals surface area contributed by atoms with E-state index >= 15 is 0 Å². The highest BCUT2D eigenvalue weighted by atomic mass is 16.2. The SMILES string of the molecule is CCC(C)c1ccc(Cn2c(CN(C)C(=O)c3cccnc3)nc3ccccc32)cc1. The van der Waals surface area contributed by atoms with Gasteiger partial charge in [-0.25, -0.2) is 4.98 Å². The van der Waals surface area contributed by atoms with Crippen LogP contribution in [0.2, 0.25) is 0 Å². The van der Waals surface area contributed by atoms with Gasteiger partial charge in [-0.15, -0.1) is 0 Å².